The molecule has 0 amide bonds. The second-order valence-corrected chi connectivity index (χ2v) is 5.76. The molecule has 1 saturated heterocycles. The molecular weight excluding hydrogens is 267 g/mol. The van der Waals surface area contributed by atoms with E-state index >= 15 is 0 Å². The Labute approximate surface area is 119 Å². The molecular formula is C14H20Cl2N2. The molecule has 2 nitrogen and oxygen atoms in total. The molecule has 1 heterocycles. The zero-order valence-corrected chi connectivity index (χ0v) is 12.3. The molecule has 0 radical (unpaired) electrons. The summed E-state index contributed by atoms with van der Waals surface area (Å²) in [7, 11) is 2.05. The van der Waals surface area contributed by atoms with Crippen LogP contribution in [0.15, 0.2) is 18.2 Å². The number of hydrogen-bond acceptors (Lipinski definition) is 2. The summed E-state index contributed by atoms with van der Waals surface area (Å²) in [6.45, 7) is 3.41. The van der Waals surface area contributed by atoms with Crippen LogP contribution in [-0.2, 0) is 6.42 Å². The topological polar surface area (TPSA) is 15.3 Å². The van der Waals surface area contributed by atoms with Crippen molar-refractivity contribution >= 4 is 23.2 Å². The number of nitrogens with zero attached hydrogens (tertiary/aromatic N) is 1. The summed E-state index contributed by atoms with van der Waals surface area (Å²) in [5.74, 6) is 0. The van der Waals surface area contributed by atoms with E-state index in [1.807, 2.05) is 25.2 Å². The van der Waals surface area contributed by atoms with Crippen LogP contribution >= 0.6 is 23.2 Å². The highest BCUT2D eigenvalue weighted by Crippen LogP contribution is 2.22. The Balaban J connectivity index is 1.87. The van der Waals surface area contributed by atoms with E-state index in [2.05, 4.69) is 10.2 Å². The molecule has 1 aliphatic heterocycles. The minimum Gasteiger partial charge on any atom is -0.316 e. The summed E-state index contributed by atoms with van der Waals surface area (Å²) in [6.07, 6.45) is 3.56. The van der Waals surface area contributed by atoms with Crippen molar-refractivity contribution in [1.82, 2.24) is 10.2 Å². The molecule has 0 aliphatic carbocycles. The molecule has 1 aliphatic rings. The van der Waals surface area contributed by atoms with Crippen LogP contribution < -0.4 is 5.32 Å². The second kappa shape index (κ2) is 6.76. The van der Waals surface area contributed by atoms with Crippen molar-refractivity contribution in [2.45, 2.75) is 25.3 Å². The smallest absolute Gasteiger partial charge is 0.0453 e. The van der Waals surface area contributed by atoms with Crippen molar-refractivity contribution in [3.8, 4) is 0 Å². The molecule has 0 saturated carbocycles. The minimum atomic E-state index is 0.638. The highest BCUT2D eigenvalue weighted by atomic mass is 35.5. The molecule has 1 unspecified atom stereocenters. The van der Waals surface area contributed by atoms with Crippen molar-refractivity contribution < 1.29 is 0 Å². The molecule has 0 bridgehead atoms. The second-order valence-electron chi connectivity index (χ2n) is 4.91. The van der Waals surface area contributed by atoms with Crippen LogP contribution in [0.5, 0.6) is 0 Å². The molecule has 2 rings (SSSR count). The van der Waals surface area contributed by atoms with Crippen LogP contribution in [0, 0.1) is 0 Å². The van der Waals surface area contributed by atoms with Gasteiger partial charge < -0.3 is 10.2 Å². The van der Waals surface area contributed by atoms with Crippen LogP contribution in [0.1, 0.15) is 18.4 Å². The van der Waals surface area contributed by atoms with Gasteiger partial charge in [0.15, 0.2) is 0 Å². The Morgan fingerprint density at radius 2 is 2.22 bits per heavy atom. The quantitative estimate of drug-likeness (QED) is 0.914. The largest absolute Gasteiger partial charge is 0.316 e. The fraction of sp³-hybridized carbons (Fsp3) is 0.571. The summed E-state index contributed by atoms with van der Waals surface area (Å²) in [6, 6.07) is 6.41. The van der Waals surface area contributed by atoms with Crippen molar-refractivity contribution in [2.75, 3.05) is 26.7 Å². The number of benzene rings is 1. The number of piperidine rings is 1. The molecule has 0 spiro atoms. The van der Waals surface area contributed by atoms with E-state index in [1.54, 1.807) is 0 Å². The van der Waals surface area contributed by atoms with Crippen LogP contribution in [0.2, 0.25) is 10.0 Å². The third kappa shape index (κ3) is 3.86. The maximum atomic E-state index is 6.19. The lowest BCUT2D eigenvalue weighted by Gasteiger charge is -2.32. The van der Waals surface area contributed by atoms with E-state index in [4.69, 9.17) is 23.2 Å². The predicted molar refractivity (Wildman–Crippen MR) is 78.7 cm³/mol. The van der Waals surface area contributed by atoms with Gasteiger partial charge in [0.05, 0.1) is 0 Å². The maximum Gasteiger partial charge on any atom is 0.0453 e. The zero-order chi connectivity index (χ0) is 13.0. The first-order chi connectivity index (χ1) is 8.69. The van der Waals surface area contributed by atoms with Gasteiger partial charge in [0.2, 0.25) is 0 Å². The van der Waals surface area contributed by atoms with E-state index in [9.17, 15) is 0 Å². The van der Waals surface area contributed by atoms with Crippen LogP contribution in [0.25, 0.3) is 0 Å². The monoisotopic (exact) mass is 286 g/mol. The SMILES string of the molecule is CNC1CCCN(CCc2ccc(Cl)cc2Cl)C1. The Hall–Kier alpha value is -0.280. The van der Waals surface area contributed by atoms with E-state index in [0.717, 1.165) is 24.5 Å². The van der Waals surface area contributed by atoms with E-state index < -0.39 is 0 Å². The summed E-state index contributed by atoms with van der Waals surface area (Å²) < 4.78 is 0. The Morgan fingerprint density at radius 1 is 1.39 bits per heavy atom. The number of likely N-dealkylation sites (tertiary alicyclic amines) is 1. The van der Waals surface area contributed by atoms with Gasteiger partial charge in [0, 0.05) is 29.2 Å². The molecule has 4 heteroatoms. The lowest BCUT2D eigenvalue weighted by molar-refractivity contribution is 0.197. The first-order valence-electron chi connectivity index (χ1n) is 6.52. The molecule has 100 valence electrons. The lowest BCUT2D eigenvalue weighted by atomic mass is 10.0. The van der Waals surface area contributed by atoms with Crippen molar-refractivity contribution in [3.05, 3.63) is 33.8 Å². The standard InChI is InChI=1S/C14H20Cl2N2/c1-17-13-3-2-7-18(10-13)8-6-11-4-5-12(15)9-14(11)16/h4-5,9,13,17H,2-3,6-8,10H2,1H3. The van der Waals surface area contributed by atoms with E-state index in [0.29, 0.717) is 11.1 Å². The summed E-state index contributed by atoms with van der Waals surface area (Å²) >= 11 is 12.1. The van der Waals surface area contributed by atoms with Crippen LogP contribution in [0.3, 0.4) is 0 Å². The molecule has 1 fully saturated rings. The normalized spacial score (nSPS) is 21.2. The molecule has 18 heavy (non-hydrogen) atoms. The van der Waals surface area contributed by atoms with Crippen LogP contribution in [-0.4, -0.2) is 37.6 Å². The highest BCUT2D eigenvalue weighted by molar-refractivity contribution is 6.35. The van der Waals surface area contributed by atoms with Gasteiger partial charge in [-0.2, -0.15) is 0 Å². The Morgan fingerprint density at radius 3 is 2.94 bits per heavy atom. The predicted octanol–water partition coefficient (Wildman–Crippen LogP) is 3.22. The number of likely N-dealkylation sites (N-methyl/N-ethyl adjacent to an activating group) is 1. The van der Waals surface area contributed by atoms with Crippen molar-refractivity contribution in [2.24, 2.45) is 0 Å². The Kier molecular flexibility index (Phi) is 5.31. The first-order valence-corrected chi connectivity index (χ1v) is 7.28. The molecule has 1 atom stereocenters. The number of nitrogens with one attached hydrogen (secondary N) is 1. The Bertz CT molecular complexity index is 395. The third-order valence-electron chi connectivity index (χ3n) is 3.63. The summed E-state index contributed by atoms with van der Waals surface area (Å²) in [5.41, 5.74) is 1.19. The zero-order valence-electron chi connectivity index (χ0n) is 10.8. The average molecular weight is 287 g/mol. The van der Waals surface area contributed by atoms with Crippen LogP contribution in [0.4, 0.5) is 0 Å². The maximum absolute atomic E-state index is 6.19. The molecule has 1 N–H and O–H groups in total. The molecule has 1 aromatic rings. The van der Waals surface area contributed by atoms with E-state index in [1.165, 1.54) is 24.9 Å². The fourth-order valence-electron chi connectivity index (χ4n) is 2.50. The molecule has 1 aromatic carbocycles. The van der Waals surface area contributed by atoms with Gasteiger partial charge in [-0.3, -0.25) is 0 Å². The number of hydrogen-bond donors (Lipinski definition) is 1. The first kappa shape index (κ1) is 14.1. The number of rotatable bonds is 4. The van der Waals surface area contributed by atoms with Gasteiger partial charge in [-0.15, -0.1) is 0 Å². The molecule has 0 aromatic heterocycles. The minimum absolute atomic E-state index is 0.638. The van der Waals surface area contributed by atoms with Gasteiger partial charge >= 0.3 is 0 Å². The van der Waals surface area contributed by atoms with E-state index in [-0.39, 0.29) is 0 Å². The van der Waals surface area contributed by atoms with Gasteiger partial charge in [-0.25, -0.2) is 0 Å². The lowest BCUT2D eigenvalue weighted by Crippen LogP contribution is -2.44. The van der Waals surface area contributed by atoms with Gasteiger partial charge in [0.1, 0.15) is 0 Å². The summed E-state index contributed by atoms with van der Waals surface area (Å²) in [5, 5.41) is 4.85. The van der Waals surface area contributed by atoms with Gasteiger partial charge in [-0.1, -0.05) is 29.3 Å². The summed E-state index contributed by atoms with van der Waals surface area (Å²) in [4.78, 5) is 2.51. The highest BCUT2D eigenvalue weighted by Gasteiger charge is 2.18. The average Bonchev–Trinajstić information content (AvgIpc) is 2.38. The third-order valence-corrected chi connectivity index (χ3v) is 4.21. The number of halogens is 2. The van der Waals surface area contributed by atoms with Gasteiger partial charge in [-0.05, 0) is 50.6 Å². The fourth-order valence-corrected chi connectivity index (χ4v) is 3.00. The van der Waals surface area contributed by atoms with Gasteiger partial charge in [0.25, 0.3) is 0 Å². The van der Waals surface area contributed by atoms with Crippen molar-refractivity contribution in [1.29, 1.82) is 0 Å². The van der Waals surface area contributed by atoms with Crippen molar-refractivity contribution in [3.63, 3.8) is 0 Å².